The Morgan fingerprint density at radius 1 is 1.28 bits per heavy atom. The molecule has 0 spiro atoms. The number of ether oxygens (including phenoxy) is 1. The zero-order valence-electron chi connectivity index (χ0n) is 10.2. The fraction of sp³-hybridized carbons (Fsp3) is 0.500. The minimum absolute atomic E-state index is 0.0221. The molecule has 1 saturated carbocycles. The van der Waals surface area contributed by atoms with Gasteiger partial charge in [-0.25, -0.2) is 0 Å². The summed E-state index contributed by atoms with van der Waals surface area (Å²) >= 11 is 3.37. The van der Waals surface area contributed by atoms with Gasteiger partial charge >= 0.3 is 0 Å². The molecule has 0 aromatic heterocycles. The molecule has 18 heavy (non-hydrogen) atoms. The lowest BCUT2D eigenvalue weighted by molar-refractivity contribution is 0.162. The van der Waals surface area contributed by atoms with Crippen molar-refractivity contribution in [1.29, 1.82) is 5.26 Å². The minimum atomic E-state index is 0.0221. The van der Waals surface area contributed by atoms with Crippen molar-refractivity contribution in [3.05, 3.63) is 28.2 Å². The van der Waals surface area contributed by atoms with Crippen LogP contribution in [0.1, 0.15) is 37.7 Å². The van der Waals surface area contributed by atoms with Gasteiger partial charge in [0, 0.05) is 10.5 Å². The molecule has 96 valence electrons. The largest absolute Gasteiger partial charge is 0.487 e. The Balaban J connectivity index is 2.18. The lowest BCUT2D eigenvalue weighted by Gasteiger charge is -2.23. The fourth-order valence-electron chi connectivity index (χ4n) is 2.32. The average molecular weight is 309 g/mol. The molecule has 0 amide bonds. The molecule has 0 heterocycles. The first-order valence-corrected chi connectivity index (χ1v) is 7.12. The first kappa shape index (κ1) is 13.4. The number of benzene rings is 1. The first-order chi connectivity index (χ1) is 8.72. The molecule has 3 nitrogen and oxygen atoms in total. The minimum Gasteiger partial charge on any atom is -0.487 e. The molecule has 1 aliphatic carbocycles. The molecule has 4 heteroatoms. The molecule has 1 aliphatic rings. The number of hydrogen-bond acceptors (Lipinski definition) is 3. The van der Waals surface area contributed by atoms with Crippen LogP contribution in [0, 0.1) is 11.3 Å². The quantitative estimate of drug-likeness (QED) is 0.852. The van der Waals surface area contributed by atoms with Crippen molar-refractivity contribution in [2.45, 2.75) is 44.2 Å². The van der Waals surface area contributed by atoms with E-state index in [2.05, 4.69) is 22.0 Å². The number of rotatable bonds is 2. The Kier molecular flexibility index (Phi) is 4.62. The molecule has 0 aliphatic heterocycles. The number of hydrogen-bond donors (Lipinski definition) is 1. The summed E-state index contributed by atoms with van der Waals surface area (Å²) in [4.78, 5) is 0. The Morgan fingerprint density at radius 2 is 2.06 bits per heavy atom. The van der Waals surface area contributed by atoms with Gasteiger partial charge in [0.1, 0.15) is 23.5 Å². The fourth-order valence-corrected chi connectivity index (χ4v) is 2.76. The maximum absolute atomic E-state index is 9.16. The summed E-state index contributed by atoms with van der Waals surface area (Å²) in [7, 11) is 0. The predicted octanol–water partition coefficient (Wildman–Crippen LogP) is 3.36. The molecule has 2 unspecified atom stereocenters. The van der Waals surface area contributed by atoms with E-state index < -0.39 is 0 Å². The number of nitrogens with two attached hydrogens (primary N) is 1. The van der Waals surface area contributed by atoms with Gasteiger partial charge in [-0.05, 0) is 47.3 Å². The van der Waals surface area contributed by atoms with Crippen molar-refractivity contribution >= 4 is 15.9 Å². The first-order valence-electron chi connectivity index (χ1n) is 6.33. The van der Waals surface area contributed by atoms with Crippen molar-refractivity contribution in [2.24, 2.45) is 5.73 Å². The van der Waals surface area contributed by atoms with Gasteiger partial charge in [0.25, 0.3) is 0 Å². The summed E-state index contributed by atoms with van der Waals surface area (Å²) < 4.78 is 6.74. The van der Waals surface area contributed by atoms with Crippen molar-refractivity contribution in [3.63, 3.8) is 0 Å². The van der Waals surface area contributed by atoms with E-state index in [9.17, 15) is 0 Å². The highest BCUT2D eigenvalue weighted by atomic mass is 79.9. The van der Waals surface area contributed by atoms with E-state index in [0.717, 1.165) is 23.7 Å². The third kappa shape index (κ3) is 3.04. The smallest absolute Gasteiger partial charge is 0.138 e. The molecule has 0 radical (unpaired) electrons. The second-order valence-electron chi connectivity index (χ2n) is 4.68. The highest BCUT2D eigenvalue weighted by Crippen LogP contribution is 2.29. The summed E-state index contributed by atoms with van der Waals surface area (Å²) in [5.41, 5.74) is 6.69. The predicted molar refractivity (Wildman–Crippen MR) is 74.3 cm³/mol. The summed E-state index contributed by atoms with van der Waals surface area (Å²) in [5, 5.41) is 9.16. The van der Waals surface area contributed by atoms with Gasteiger partial charge in [0.2, 0.25) is 0 Å². The van der Waals surface area contributed by atoms with E-state index in [0.29, 0.717) is 11.3 Å². The van der Waals surface area contributed by atoms with Gasteiger partial charge in [0.15, 0.2) is 0 Å². The van der Waals surface area contributed by atoms with Crippen LogP contribution in [0.4, 0.5) is 0 Å². The summed E-state index contributed by atoms with van der Waals surface area (Å²) in [6.07, 6.45) is 5.53. The topological polar surface area (TPSA) is 59.0 Å². The molecule has 2 rings (SSSR count). The lowest BCUT2D eigenvalue weighted by Crippen LogP contribution is -2.38. The molecule has 2 atom stereocenters. The normalized spacial score (nSPS) is 24.1. The van der Waals surface area contributed by atoms with Crippen LogP contribution < -0.4 is 10.5 Å². The van der Waals surface area contributed by atoms with Crippen molar-refractivity contribution in [1.82, 2.24) is 0 Å². The van der Waals surface area contributed by atoms with E-state index in [-0.39, 0.29) is 12.1 Å². The van der Waals surface area contributed by atoms with Crippen LogP contribution in [0.3, 0.4) is 0 Å². The van der Waals surface area contributed by atoms with Gasteiger partial charge in [-0.1, -0.05) is 18.9 Å². The molecule has 1 aromatic carbocycles. The molecular formula is C14H17BrN2O. The molecule has 0 bridgehead atoms. The summed E-state index contributed by atoms with van der Waals surface area (Å²) in [6, 6.07) is 7.80. The van der Waals surface area contributed by atoms with Crippen LogP contribution in [-0.2, 0) is 0 Å². The van der Waals surface area contributed by atoms with E-state index in [1.807, 2.05) is 18.2 Å². The Hall–Kier alpha value is -1.05. The van der Waals surface area contributed by atoms with Gasteiger partial charge in [-0.3, -0.25) is 0 Å². The third-order valence-corrected chi connectivity index (χ3v) is 4.03. The van der Waals surface area contributed by atoms with Gasteiger partial charge in [-0.2, -0.15) is 5.26 Å². The SMILES string of the molecule is N#Cc1c(Br)cccc1OC1CCCCCC1N. The zero-order chi connectivity index (χ0) is 13.0. The molecular weight excluding hydrogens is 292 g/mol. The van der Waals surface area contributed by atoms with Crippen LogP contribution in [0.2, 0.25) is 0 Å². The van der Waals surface area contributed by atoms with Crippen LogP contribution in [0.5, 0.6) is 5.75 Å². The zero-order valence-corrected chi connectivity index (χ0v) is 11.8. The Morgan fingerprint density at radius 3 is 2.83 bits per heavy atom. The van der Waals surface area contributed by atoms with Gasteiger partial charge in [0.05, 0.1) is 0 Å². The van der Waals surface area contributed by atoms with Crippen LogP contribution in [-0.4, -0.2) is 12.1 Å². The highest BCUT2D eigenvalue weighted by Gasteiger charge is 2.23. The summed E-state index contributed by atoms with van der Waals surface area (Å²) in [5.74, 6) is 0.634. The van der Waals surface area contributed by atoms with E-state index in [1.165, 1.54) is 12.8 Å². The second-order valence-corrected chi connectivity index (χ2v) is 5.54. The van der Waals surface area contributed by atoms with E-state index in [1.54, 1.807) is 0 Å². The molecule has 1 fully saturated rings. The van der Waals surface area contributed by atoms with Crippen LogP contribution >= 0.6 is 15.9 Å². The molecule has 1 aromatic rings. The number of nitrogens with zero attached hydrogens (tertiary/aromatic N) is 1. The standard InChI is InChI=1S/C14H17BrN2O/c15-11-5-4-8-13(10(11)9-16)18-14-7-3-1-2-6-12(14)17/h4-5,8,12,14H,1-3,6-7,17H2. The van der Waals surface area contributed by atoms with Crippen molar-refractivity contribution in [2.75, 3.05) is 0 Å². The van der Waals surface area contributed by atoms with Crippen LogP contribution in [0.25, 0.3) is 0 Å². The van der Waals surface area contributed by atoms with Gasteiger partial charge in [-0.15, -0.1) is 0 Å². The lowest BCUT2D eigenvalue weighted by atomic mass is 10.1. The molecule has 0 saturated heterocycles. The van der Waals surface area contributed by atoms with E-state index >= 15 is 0 Å². The summed E-state index contributed by atoms with van der Waals surface area (Å²) in [6.45, 7) is 0. The third-order valence-electron chi connectivity index (χ3n) is 3.37. The Labute approximate surface area is 116 Å². The van der Waals surface area contributed by atoms with Crippen molar-refractivity contribution in [3.8, 4) is 11.8 Å². The second kappa shape index (κ2) is 6.21. The van der Waals surface area contributed by atoms with Crippen LogP contribution in [0.15, 0.2) is 22.7 Å². The van der Waals surface area contributed by atoms with Gasteiger partial charge < -0.3 is 10.5 Å². The average Bonchev–Trinajstić information content (AvgIpc) is 2.55. The maximum atomic E-state index is 9.16. The van der Waals surface area contributed by atoms with E-state index in [4.69, 9.17) is 15.7 Å². The number of halogens is 1. The maximum Gasteiger partial charge on any atom is 0.138 e. The number of nitriles is 1. The Bertz CT molecular complexity index is 456. The molecule has 2 N–H and O–H groups in total. The van der Waals surface area contributed by atoms with Crippen molar-refractivity contribution < 1.29 is 4.74 Å². The monoisotopic (exact) mass is 308 g/mol. The highest BCUT2D eigenvalue weighted by molar-refractivity contribution is 9.10.